The molecule has 24 heavy (non-hydrogen) atoms. The maximum atomic E-state index is 11.6. The fourth-order valence-electron chi connectivity index (χ4n) is 3.35. The summed E-state index contributed by atoms with van der Waals surface area (Å²) in [6.07, 6.45) is 2.66. The van der Waals surface area contributed by atoms with Gasteiger partial charge in [0, 0.05) is 22.4 Å². The van der Waals surface area contributed by atoms with Crippen LogP contribution in [0, 0.1) is 0 Å². The van der Waals surface area contributed by atoms with Crippen molar-refractivity contribution in [2.45, 2.75) is 12.0 Å². The summed E-state index contributed by atoms with van der Waals surface area (Å²) < 4.78 is 2.05. The maximum Gasteiger partial charge on any atom is 0.161 e. The van der Waals surface area contributed by atoms with Gasteiger partial charge >= 0.3 is 0 Å². The molecule has 0 bridgehead atoms. The lowest BCUT2D eigenvalue weighted by Gasteiger charge is -2.31. The first kappa shape index (κ1) is 14.2. The van der Waals surface area contributed by atoms with Crippen molar-refractivity contribution in [2.75, 3.05) is 0 Å². The molecule has 0 saturated heterocycles. The Hall–Kier alpha value is -2.21. The number of thiophene rings is 2. The van der Waals surface area contributed by atoms with Crippen molar-refractivity contribution < 1.29 is 5.11 Å². The Labute approximate surface area is 147 Å². The lowest BCUT2D eigenvalue weighted by Crippen LogP contribution is -2.32. The smallest absolute Gasteiger partial charge is 0.161 e. The summed E-state index contributed by atoms with van der Waals surface area (Å²) >= 11 is 3.27. The minimum atomic E-state index is -1.10. The summed E-state index contributed by atoms with van der Waals surface area (Å²) in [5, 5.41) is 15.7. The number of aromatic nitrogens is 2. The molecule has 1 aliphatic rings. The Bertz CT molecular complexity index is 1040. The van der Waals surface area contributed by atoms with E-state index in [1.807, 2.05) is 46.3 Å². The van der Waals surface area contributed by atoms with Gasteiger partial charge in [-0.25, -0.2) is 4.98 Å². The Kier molecular flexibility index (Phi) is 3.03. The molecule has 1 unspecified atom stereocenters. The Morgan fingerprint density at radius 2 is 1.83 bits per heavy atom. The van der Waals surface area contributed by atoms with Crippen LogP contribution in [0.15, 0.2) is 59.3 Å². The van der Waals surface area contributed by atoms with Gasteiger partial charge in [0.05, 0.1) is 11.0 Å². The van der Waals surface area contributed by atoms with E-state index in [4.69, 9.17) is 4.98 Å². The second-order valence-corrected chi connectivity index (χ2v) is 7.84. The normalized spacial score (nSPS) is 20.1. The van der Waals surface area contributed by atoms with Crippen LogP contribution in [0.2, 0.25) is 0 Å². The monoisotopic (exact) mass is 350 g/mol. The van der Waals surface area contributed by atoms with Gasteiger partial charge in [0.15, 0.2) is 11.4 Å². The fourth-order valence-corrected chi connectivity index (χ4v) is 4.90. The van der Waals surface area contributed by atoms with Gasteiger partial charge in [0.2, 0.25) is 0 Å². The number of fused-ring (bicyclic) bond motifs is 3. The molecule has 4 aromatic rings. The molecule has 1 aliphatic heterocycles. The molecule has 0 spiro atoms. The summed E-state index contributed by atoms with van der Waals surface area (Å²) in [5.74, 6) is 0.700. The highest BCUT2D eigenvalue weighted by molar-refractivity contribution is 7.11. The largest absolute Gasteiger partial charge is 0.376 e. The molecular weight excluding hydrogens is 336 g/mol. The van der Waals surface area contributed by atoms with Crippen LogP contribution in [-0.4, -0.2) is 14.7 Å². The van der Waals surface area contributed by atoms with Gasteiger partial charge in [-0.2, -0.15) is 0 Å². The second-order valence-electron chi connectivity index (χ2n) is 5.94. The van der Waals surface area contributed by atoms with E-state index < -0.39 is 5.60 Å². The number of aliphatic hydroxyl groups is 1. The SMILES string of the molecule is OC1(c2cccs2)CC(c2cccs2)=Cn2c1nc1ccccc12. The third kappa shape index (κ3) is 1.95. The summed E-state index contributed by atoms with van der Waals surface area (Å²) in [5.41, 5.74) is 1.97. The third-order valence-corrected chi connectivity index (χ3v) is 6.43. The molecule has 0 aliphatic carbocycles. The van der Waals surface area contributed by atoms with Gasteiger partial charge in [0.25, 0.3) is 0 Å². The molecule has 0 radical (unpaired) electrons. The minimum Gasteiger partial charge on any atom is -0.376 e. The number of rotatable bonds is 2. The summed E-state index contributed by atoms with van der Waals surface area (Å²) in [6.45, 7) is 0. The van der Waals surface area contributed by atoms with Crippen molar-refractivity contribution in [1.82, 2.24) is 9.55 Å². The zero-order valence-corrected chi connectivity index (χ0v) is 14.3. The molecule has 1 aromatic carbocycles. The van der Waals surface area contributed by atoms with E-state index in [1.54, 1.807) is 22.7 Å². The highest BCUT2D eigenvalue weighted by Gasteiger charge is 2.41. The molecule has 0 saturated carbocycles. The summed E-state index contributed by atoms with van der Waals surface area (Å²) in [4.78, 5) is 6.88. The van der Waals surface area contributed by atoms with Crippen molar-refractivity contribution >= 4 is 45.5 Å². The zero-order valence-electron chi connectivity index (χ0n) is 12.7. The number of imidazole rings is 1. The molecule has 118 valence electrons. The number of para-hydroxylation sites is 2. The topological polar surface area (TPSA) is 38.0 Å². The molecule has 1 atom stereocenters. The standard InChI is InChI=1S/C19H14N2OS2/c22-19(17-8-4-10-24-17)11-13(16-7-3-9-23-16)12-21-15-6-2-1-5-14(15)20-18(19)21/h1-10,12,22H,11H2. The van der Waals surface area contributed by atoms with Crippen molar-refractivity contribution in [3.63, 3.8) is 0 Å². The van der Waals surface area contributed by atoms with Crippen LogP contribution in [0.4, 0.5) is 0 Å². The van der Waals surface area contributed by atoms with Crippen molar-refractivity contribution in [3.8, 4) is 0 Å². The minimum absolute atomic E-state index is 0.539. The Morgan fingerprint density at radius 1 is 1.00 bits per heavy atom. The average Bonchev–Trinajstić information content (AvgIpc) is 3.35. The molecule has 0 amide bonds. The lowest BCUT2D eigenvalue weighted by molar-refractivity contribution is 0.0781. The molecular formula is C19H14N2OS2. The first-order chi connectivity index (χ1) is 11.8. The fraction of sp³-hybridized carbons (Fsp3) is 0.105. The maximum absolute atomic E-state index is 11.6. The lowest BCUT2D eigenvalue weighted by atomic mass is 9.89. The Morgan fingerprint density at radius 3 is 2.62 bits per heavy atom. The molecule has 5 heteroatoms. The van der Waals surface area contributed by atoms with E-state index in [0.717, 1.165) is 21.5 Å². The van der Waals surface area contributed by atoms with Crippen LogP contribution in [0.1, 0.15) is 22.0 Å². The predicted octanol–water partition coefficient (Wildman–Crippen LogP) is 4.80. The predicted molar refractivity (Wildman–Crippen MR) is 100 cm³/mol. The van der Waals surface area contributed by atoms with Gasteiger partial charge in [-0.3, -0.25) is 0 Å². The van der Waals surface area contributed by atoms with Crippen molar-refractivity contribution in [1.29, 1.82) is 0 Å². The van der Waals surface area contributed by atoms with Crippen LogP contribution in [0.25, 0.3) is 22.8 Å². The highest BCUT2D eigenvalue weighted by atomic mass is 32.1. The number of nitrogens with zero attached hydrogens (tertiary/aromatic N) is 2. The average molecular weight is 350 g/mol. The zero-order chi connectivity index (χ0) is 16.1. The van der Waals surface area contributed by atoms with Crippen LogP contribution in [0.3, 0.4) is 0 Å². The van der Waals surface area contributed by atoms with E-state index in [1.165, 1.54) is 4.88 Å². The van der Waals surface area contributed by atoms with Crippen LogP contribution < -0.4 is 0 Å². The van der Waals surface area contributed by atoms with Crippen molar-refractivity contribution in [3.05, 3.63) is 74.9 Å². The molecule has 4 heterocycles. The van der Waals surface area contributed by atoms with Gasteiger partial charge in [0.1, 0.15) is 0 Å². The van der Waals surface area contributed by atoms with Crippen LogP contribution in [0.5, 0.6) is 0 Å². The first-order valence-electron chi connectivity index (χ1n) is 7.74. The second kappa shape index (κ2) is 5.14. The van der Waals surface area contributed by atoms with Gasteiger partial charge in [-0.15, -0.1) is 22.7 Å². The molecule has 3 aromatic heterocycles. The first-order valence-corrected chi connectivity index (χ1v) is 9.50. The quantitative estimate of drug-likeness (QED) is 0.564. The molecule has 0 fully saturated rings. The van der Waals surface area contributed by atoms with Gasteiger partial charge in [-0.1, -0.05) is 24.3 Å². The summed E-state index contributed by atoms with van der Waals surface area (Å²) in [6, 6.07) is 16.2. The molecule has 1 N–H and O–H groups in total. The van der Waals surface area contributed by atoms with E-state index >= 15 is 0 Å². The third-order valence-electron chi connectivity index (χ3n) is 4.46. The summed E-state index contributed by atoms with van der Waals surface area (Å²) in [7, 11) is 0. The molecule has 5 rings (SSSR count). The number of hydrogen-bond acceptors (Lipinski definition) is 4. The van der Waals surface area contributed by atoms with E-state index in [0.29, 0.717) is 12.2 Å². The van der Waals surface area contributed by atoms with E-state index in [2.05, 4.69) is 23.7 Å². The number of benzene rings is 1. The van der Waals surface area contributed by atoms with Crippen LogP contribution in [-0.2, 0) is 5.60 Å². The van der Waals surface area contributed by atoms with Gasteiger partial charge in [-0.05, 0) is 40.6 Å². The van der Waals surface area contributed by atoms with E-state index in [9.17, 15) is 5.11 Å². The van der Waals surface area contributed by atoms with Crippen molar-refractivity contribution in [2.24, 2.45) is 0 Å². The molecule has 3 nitrogen and oxygen atoms in total. The van der Waals surface area contributed by atoms with E-state index in [-0.39, 0.29) is 0 Å². The van der Waals surface area contributed by atoms with Crippen LogP contribution >= 0.6 is 22.7 Å². The highest BCUT2D eigenvalue weighted by Crippen LogP contribution is 2.45. The number of hydrogen-bond donors (Lipinski definition) is 1. The Balaban J connectivity index is 1.82. The van der Waals surface area contributed by atoms with Gasteiger partial charge < -0.3 is 9.67 Å².